The summed E-state index contributed by atoms with van der Waals surface area (Å²) in [7, 11) is 0. The number of amides is 5. The van der Waals surface area contributed by atoms with Gasteiger partial charge in [-0.25, -0.2) is 18.6 Å². The van der Waals surface area contributed by atoms with E-state index in [1.165, 1.54) is 12.3 Å². The van der Waals surface area contributed by atoms with Gasteiger partial charge in [0.05, 0.1) is 34.4 Å². The smallest absolute Gasteiger partial charge is 0.262 e. The van der Waals surface area contributed by atoms with E-state index < -0.39 is 47.2 Å². The summed E-state index contributed by atoms with van der Waals surface area (Å²) < 4.78 is 41.9. The van der Waals surface area contributed by atoms with Gasteiger partial charge >= 0.3 is 0 Å². The molecule has 3 aromatic rings. The standard InChI is InChI=1S/C38H36ClF2N7O7/c1-42-30-7-6-24(17-27(30)39)55-23-4-2-22(3-5-23)44-35(50)21-16-29(41)34(43-20-21)47-12-10-46(11-13-47)14-15-54-32-19-26-25(18-28(32)40)37(52)48(38(26)53)31-8-9-33(49)45-36(31)51/h6-7,16-20,22-23,31H,2-5,8-15H2,(H,44,50)(H,45,49,51). The molecule has 286 valence electrons. The molecule has 3 aliphatic heterocycles. The van der Waals surface area contributed by atoms with E-state index >= 15 is 4.39 Å². The lowest BCUT2D eigenvalue weighted by atomic mass is 9.92. The minimum absolute atomic E-state index is 0.0132. The molecule has 1 atom stereocenters. The van der Waals surface area contributed by atoms with Crippen molar-refractivity contribution in [1.29, 1.82) is 0 Å². The summed E-state index contributed by atoms with van der Waals surface area (Å²) >= 11 is 6.12. The number of carbonyl (C=O) groups excluding carboxylic acids is 5. The first-order valence-electron chi connectivity index (χ1n) is 17.9. The summed E-state index contributed by atoms with van der Waals surface area (Å²) in [5.41, 5.74) is 0.224. The number of nitrogens with one attached hydrogen (secondary N) is 2. The van der Waals surface area contributed by atoms with Crippen LogP contribution in [0, 0.1) is 18.2 Å². The molecule has 7 rings (SSSR count). The van der Waals surface area contributed by atoms with E-state index in [1.807, 2.05) is 4.90 Å². The maximum absolute atomic E-state index is 15.3. The highest BCUT2D eigenvalue weighted by Crippen LogP contribution is 2.33. The molecule has 2 saturated heterocycles. The van der Waals surface area contributed by atoms with Crippen molar-refractivity contribution in [1.82, 2.24) is 25.4 Å². The first-order valence-corrected chi connectivity index (χ1v) is 18.3. The normalized spacial score (nSPS) is 21.5. The van der Waals surface area contributed by atoms with Crippen molar-refractivity contribution in [3.63, 3.8) is 0 Å². The second-order valence-corrected chi connectivity index (χ2v) is 14.2. The number of fused-ring (bicyclic) bond motifs is 1. The summed E-state index contributed by atoms with van der Waals surface area (Å²) in [5.74, 6) is -4.16. The van der Waals surface area contributed by atoms with Crippen LogP contribution in [-0.2, 0) is 9.59 Å². The van der Waals surface area contributed by atoms with Gasteiger partial charge in [-0.05, 0) is 62.4 Å². The zero-order valence-corrected chi connectivity index (χ0v) is 30.2. The molecule has 1 saturated carbocycles. The Labute approximate surface area is 319 Å². The van der Waals surface area contributed by atoms with E-state index in [-0.39, 0.29) is 59.9 Å². The van der Waals surface area contributed by atoms with Crippen LogP contribution < -0.4 is 25.0 Å². The summed E-state index contributed by atoms with van der Waals surface area (Å²) in [4.78, 5) is 75.0. The third-order valence-corrected chi connectivity index (χ3v) is 10.6. The Kier molecular flexibility index (Phi) is 10.9. The molecule has 1 aliphatic carbocycles. The molecule has 1 unspecified atom stereocenters. The van der Waals surface area contributed by atoms with Crippen LogP contribution in [0.4, 0.5) is 20.3 Å². The van der Waals surface area contributed by atoms with E-state index in [0.717, 1.165) is 17.0 Å². The first kappa shape index (κ1) is 37.6. The molecule has 55 heavy (non-hydrogen) atoms. The number of rotatable bonds is 10. The van der Waals surface area contributed by atoms with Crippen molar-refractivity contribution < 1.29 is 42.2 Å². The van der Waals surface area contributed by atoms with Crippen LogP contribution in [0.25, 0.3) is 4.85 Å². The van der Waals surface area contributed by atoms with Gasteiger partial charge in [-0.2, -0.15) is 0 Å². The summed E-state index contributed by atoms with van der Waals surface area (Å²) in [6.45, 7) is 9.51. The number of halogens is 3. The number of pyridine rings is 1. The second kappa shape index (κ2) is 16.0. The fourth-order valence-electron chi connectivity index (χ4n) is 7.27. The van der Waals surface area contributed by atoms with Gasteiger partial charge in [0, 0.05) is 51.4 Å². The maximum Gasteiger partial charge on any atom is 0.262 e. The average molecular weight is 776 g/mol. The number of hydrogen-bond donors (Lipinski definition) is 2. The maximum atomic E-state index is 15.3. The monoisotopic (exact) mass is 775 g/mol. The topological polar surface area (TPSA) is 155 Å². The number of anilines is 1. The zero-order valence-electron chi connectivity index (χ0n) is 29.5. The number of carbonyl (C=O) groups is 5. The Balaban J connectivity index is 0.853. The molecule has 17 heteroatoms. The highest BCUT2D eigenvalue weighted by atomic mass is 35.5. The van der Waals surface area contributed by atoms with Gasteiger partial charge < -0.3 is 19.7 Å². The highest BCUT2D eigenvalue weighted by Gasteiger charge is 2.45. The van der Waals surface area contributed by atoms with Crippen LogP contribution in [-0.4, -0.2) is 102 Å². The molecular formula is C38H36ClF2N7O7. The van der Waals surface area contributed by atoms with Crippen molar-refractivity contribution in [2.75, 3.05) is 44.2 Å². The van der Waals surface area contributed by atoms with Crippen molar-refractivity contribution in [2.45, 2.75) is 56.7 Å². The predicted octanol–water partition coefficient (Wildman–Crippen LogP) is 4.29. The molecule has 0 radical (unpaired) electrons. The van der Waals surface area contributed by atoms with Gasteiger partial charge in [0.1, 0.15) is 18.4 Å². The SMILES string of the molecule is [C-]#[N+]c1ccc(OC2CCC(NC(=O)c3cnc(N4CCN(CCOc5cc6c(cc5F)C(=O)N(C5CCC(=O)NC5=O)C6=O)CC4)c(F)c3)CC2)cc1Cl. The molecule has 4 aliphatic rings. The lowest BCUT2D eigenvalue weighted by Crippen LogP contribution is -2.54. The van der Waals surface area contributed by atoms with E-state index in [4.69, 9.17) is 27.6 Å². The van der Waals surface area contributed by atoms with Crippen molar-refractivity contribution in [2.24, 2.45) is 0 Å². The minimum Gasteiger partial charge on any atom is -0.490 e. The fourth-order valence-corrected chi connectivity index (χ4v) is 7.49. The Morgan fingerprint density at radius 3 is 2.36 bits per heavy atom. The van der Waals surface area contributed by atoms with Crippen LogP contribution in [0.15, 0.2) is 42.6 Å². The van der Waals surface area contributed by atoms with E-state index in [2.05, 4.69) is 20.5 Å². The number of ether oxygens (including phenoxy) is 2. The number of aromatic nitrogens is 1. The van der Waals surface area contributed by atoms with Gasteiger partial charge in [0.2, 0.25) is 17.5 Å². The van der Waals surface area contributed by atoms with E-state index in [9.17, 15) is 28.4 Å². The van der Waals surface area contributed by atoms with Crippen LogP contribution in [0.1, 0.15) is 69.6 Å². The van der Waals surface area contributed by atoms with Gasteiger partial charge in [0.25, 0.3) is 17.7 Å². The number of piperidine rings is 1. The van der Waals surface area contributed by atoms with Crippen LogP contribution in [0.2, 0.25) is 5.02 Å². The first-order chi connectivity index (χ1) is 26.5. The quantitative estimate of drug-likeness (QED) is 0.225. The molecule has 3 fully saturated rings. The zero-order chi connectivity index (χ0) is 38.8. The lowest BCUT2D eigenvalue weighted by molar-refractivity contribution is -0.136. The summed E-state index contributed by atoms with van der Waals surface area (Å²) in [6.07, 6.45) is 4.05. The van der Waals surface area contributed by atoms with Crippen molar-refractivity contribution in [3.8, 4) is 11.5 Å². The molecule has 14 nitrogen and oxygen atoms in total. The van der Waals surface area contributed by atoms with Crippen LogP contribution in [0.3, 0.4) is 0 Å². The van der Waals surface area contributed by atoms with Gasteiger partial charge in [-0.1, -0.05) is 17.7 Å². The summed E-state index contributed by atoms with van der Waals surface area (Å²) in [5, 5.41) is 5.43. The van der Waals surface area contributed by atoms with Crippen molar-refractivity contribution >= 4 is 52.6 Å². The van der Waals surface area contributed by atoms with E-state index in [1.54, 1.807) is 23.1 Å². The number of nitrogens with zero attached hydrogens (tertiary/aromatic N) is 5. The fraction of sp³-hybridized carbons (Fsp3) is 0.395. The Morgan fingerprint density at radius 1 is 0.964 bits per heavy atom. The minimum atomic E-state index is -1.16. The molecule has 2 N–H and O–H groups in total. The summed E-state index contributed by atoms with van der Waals surface area (Å²) in [6, 6.07) is 6.98. The van der Waals surface area contributed by atoms with Gasteiger partial charge in [0.15, 0.2) is 23.2 Å². The molecular weight excluding hydrogens is 740 g/mol. The molecule has 0 spiro atoms. The molecule has 0 bridgehead atoms. The second-order valence-electron chi connectivity index (χ2n) is 13.8. The Morgan fingerprint density at radius 2 is 1.69 bits per heavy atom. The average Bonchev–Trinajstić information content (AvgIpc) is 3.40. The molecule has 4 heterocycles. The van der Waals surface area contributed by atoms with Crippen LogP contribution >= 0.6 is 11.6 Å². The molecule has 2 aromatic carbocycles. The van der Waals surface area contributed by atoms with Crippen LogP contribution in [0.5, 0.6) is 11.5 Å². The largest absolute Gasteiger partial charge is 0.490 e. The van der Waals surface area contributed by atoms with Gasteiger partial charge in [-0.15, -0.1) is 0 Å². The Hall–Kier alpha value is -5.66. The van der Waals surface area contributed by atoms with E-state index in [0.29, 0.717) is 74.9 Å². The third kappa shape index (κ3) is 8.08. The highest BCUT2D eigenvalue weighted by molar-refractivity contribution is 6.33. The number of imide groups is 2. The number of benzene rings is 2. The predicted molar refractivity (Wildman–Crippen MR) is 193 cm³/mol. The Bertz CT molecular complexity index is 2100. The number of hydrogen-bond acceptors (Lipinski definition) is 10. The molecule has 5 amide bonds. The van der Waals surface area contributed by atoms with Crippen molar-refractivity contribution in [3.05, 3.63) is 87.4 Å². The van der Waals surface area contributed by atoms with Gasteiger partial charge in [-0.3, -0.25) is 39.1 Å². The molecule has 1 aromatic heterocycles. The number of piperazine rings is 1. The lowest BCUT2D eigenvalue weighted by Gasteiger charge is -2.35. The third-order valence-electron chi connectivity index (χ3n) is 10.3.